The first-order chi connectivity index (χ1) is 10.4. The number of amides is 2. The van der Waals surface area contributed by atoms with E-state index in [-0.39, 0.29) is 11.8 Å². The van der Waals surface area contributed by atoms with Crippen LogP contribution in [0.5, 0.6) is 0 Å². The number of benzene rings is 1. The fourth-order valence-corrected chi connectivity index (χ4v) is 3.51. The number of likely N-dealkylation sites (N-methyl/N-ethyl adjacent to an activating group) is 1. The van der Waals surface area contributed by atoms with Crippen molar-refractivity contribution in [3.05, 3.63) is 50.6 Å². The number of hydrogen-bond donors (Lipinski definition) is 1. The van der Waals surface area contributed by atoms with Crippen molar-refractivity contribution in [3.63, 3.8) is 0 Å². The Hall–Kier alpha value is -1.66. The Kier molecular flexibility index (Phi) is 5.74. The van der Waals surface area contributed by atoms with Crippen molar-refractivity contribution in [2.75, 3.05) is 12.4 Å². The van der Waals surface area contributed by atoms with Crippen LogP contribution in [0, 0.1) is 0 Å². The van der Waals surface area contributed by atoms with Gasteiger partial charge in [-0.15, -0.1) is 11.3 Å². The third-order valence-electron chi connectivity index (χ3n) is 3.08. The lowest BCUT2D eigenvalue weighted by Gasteiger charge is -2.16. The summed E-state index contributed by atoms with van der Waals surface area (Å²) in [5.74, 6) is -0.0394. The number of carbonyl (C=O) groups excluding carboxylic acids is 2. The highest BCUT2D eigenvalue weighted by Gasteiger charge is 2.11. The summed E-state index contributed by atoms with van der Waals surface area (Å²) in [7, 11) is 1.81. The van der Waals surface area contributed by atoms with E-state index in [1.807, 2.05) is 31.3 Å². The first kappa shape index (κ1) is 16.7. The van der Waals surface area contributed by atoms with Crippen molar-refractivity contribution < 1.29 is 9.59 Å². The highest BCUT2D eigenvalue weighted by Crippen LogP contribution is 2.23. The zero-order chi connectivity index (χ0) is 16.1. The predicted octanol–water partition coefficient (Wildman–Crippen LogP) is 3.67. The van der Waals surface area contributed by atoms with Crippen LogP contribution in [-0.4, -0.2) is 23.8 Å². The molecule has 1 heterocycles. The summed E-state index contributed by atoms with van der Waals surface area (Å²) in [5, 5.41) is 2.71. The zero-order valence-corrected chi connectivity index (χ0v) is 14.8. The van der Waals surface area contributed by atoms with E-state index in [0.717, 1.165) is 19.9 Å². The Morgan fingerprint density at radius 1 is 1.18 bits per heavy atom. The summed E-state index contributed by atoms with van der Waals surface area (Å²) in [6.07, 6.45) is 0.351. The first-order valence-electron chi connectivity index (χ1n) is 6.79. The number of hydrogen-bond acceptors (Lipinski definition) is 3. The van der Waals surface area contributed by atoms with Crippen LogP contribution in [0.4, 0.5) is 5.69 Å². The van der Waals surface area contributed by atoms with E-state index in [9.17, 15) is 9.59 Å². The van der Waals surface area contributed by atoms with E-state index < -0.39 is 0 Å². The van der Waals surface area contributed by atoms with Crippen LogP contribution >= 0.6 is 27.3 Å². The smallest absolute Gasteiger partial charge is 0.227 e. The monoisotopic (exact) mass is 380 g/mol. The minimum atomic E-state index is -0.106. The molecule has 2 rings (SSSR count). The summed E-state index contributed by atoms with van der Waals surface area (Å²) in [5.41, 5.74) is 1.67. The van der Waals surface area contributed by atoms with Gasteiger partial charge in [0.1, 0.15) is 0 Å². The van der Waals surface area contributed by atoms with E-state index >= 15 is 0 Å². The summed E-state index contributed by atoms with van der Waals surface area (Å²) in [4.78, 5) is 26.1. The first-order valence-corrected chi connectivity index (χ1v) is 8.39. The van der Waals surface area contributed by atoms with E-state index in [1.54, 1.807) is 28.4 Å². The predicted molar refractivity (Wildman–Crippen MR) is 92.9 cm³/mol. The van der Waals surface area contributed by atoms with Crippen molar-refractivity contribution in [1.82, 2.24) is 4.90 Å². The number of anilines is 1. The largest absolute Gasteiger partial charge is 0.340 e. The van der Waals surface area contributed by atoms with Gasteiger partial charge in [-0.05, 0) is 45.8 Å². The Bertz CT molecular complexity index is 667. The van der Waals surface area contributed by atoms with Crippen LogP contribution < -0.4 is 5.32 Å². The van der Waals surface area contributed by atoms with E-state index in [0.29, 0.717) is 13.0 Å². The number of nitrogens with one attached hydrogen (secondary N) is 1. The van der Waals surface area contributed by atoms with Gasteiger partial charge in [-0.25, -0.2) is 0 Å². The molecule has 1 aromatic heterocycles. The minimum absolute atomic E-state index is 0.0665. The van der Waals surface area contributed by atoms with Gasteiger partial charge in [0.25, 0.3) is 0 Å². The molecule has 0 spiro atoms. The van der Waals surface area contributed by atoms with Gasteiger partial charge in [-0.1, -0.05) is 12.1 Å². The molecule has 2 amide bonds. The molecule has 0 aliphatic rings. The molecule has 0 radical (unpaired) electrons. The van der Waals surface area contributed by atoms with Crippen LogP contribution in [0.2, 0.25) is 0 Å². The van der Waals surface area contributed by atoms with Crippen molar-refractivity contribution >= 4 is 44.8 Å². The molecule has 4 nitrogen and oxygen atoms in total. The van der Waals surface area contributed by atoms with Gasteiger partial charge in [-0.3, -0.25) is 9.59 Å². The maximum absolute atomic E-state index is 12.2. The third kappa shape index (κ3) is 4.96. The molecule has 2 aromatic rings. The fourth-order valence-electron chi connectivity index (χ4n) is 1.98. The molecule has 0 fully saturated rings. The van der Waals surface area contributed by atoms with Crippen molar-refractivity contribution in [2.45, 2.75) is 19.9 Å². The molecule has 0 bridgehead atoms. The molecule has 0 aliphatic carbocycles. The number of nitrogens with zero attached hydrogens (tertiary/aromatic N) is 1. The van der Waals surface area contributed by atoms with Gasteiger partial charge < -0.3 is 10.2 Å². The van der Waals surface area contributed by atoms with E-state index in [2.05, 4.69) is 21.2 Å². The Balaban J connectivity index is 1.91. The molecule has 0 atom stereocenters. The van der Waals surface area contributed by atoms with Gasteiger partial charge in [0.2, 0.25) is 11.8 Å². The molecule has 0 unspecified atom stereocenters. The lowest BCUT2D eigenvalue weighted by Crippen LogP contribution is -2.27. The topological polar surface area (TPSA) is 49.4 Å². The molecule has 0 saturated heterocycles. The van der Waals surface area contributed by atoms with Crippen molar-refractivity contribution in [1.29, 1.82) is 0 Å². The second-order valence-electron chi connectivity index (χ2n) is 5.01. The van der Waals surface area contributed by atoms with E-state index in [1.165, 1.54) is 6.92 Å². The molecule has 1 aromatic carbocycles. The summed E-state index contributed by atoms with van der Waals surface area (Å²) < 4.78 is 1.07. The van der Waals surface area contributed by atoms with Crippen LogP contribution in [-0.2, 0) is 22.6 Å². The molecular formula is C16H17BrN2O2S. The molecule has 116 valence electrons. The van der Waals surface area contributed by atoms with Gasteiger partial charge in [-0.2, -0.15) is 0 Å². The van der Waals surface area contributed by atoms with Gasteiger partial charge in [0.15, 0.2) is 0 Å². The maximum Gasteiger partial charge on any atom is 0.227 e. The van der Waals surface area contributed by atoms with Gasteiger partial charge in [0, 0.05) is 24.5 Å². The highest BCUT2D eigenvalue weighted by molar-refractivity contribution is 9.11. The van der Waals surface area contributed by atoms with Crippen LogP contribution in [0.15, 0.2) is 40.2 Å². The number of halogens is 1. The summed E-state index contributed by atoms with van der Waals surface area (Å²) >= 11 is 5.05. The Labute approximate surface area is 142 Å². The Morgan fingerprint density at radius 2 is 1.86 bits per heavy atom. The minimum Gasteiger partial charge on any atom is -0.340 e. The summed E-state index contributed by atoms with van der Waals surface area (Å²) in [6, 6.07) is 11.3. The molecule has 6 heteroatoms. The zero-order valence-electron chi connectivity index (χ0n) is 12.4. The average molecular weight is 381 g/mol. The standard InChI is InChI=1S/C16H17BrN2O2S/c1-11(20)18-13-5-3-12(4-6-13)9-16(21)19(2)10-14-7-8-15(17)22-14/h3-8H,9-10H2,1-2H3,(H,18,20). The Morgan fingerprint density at radius 3 is 2.41 bits per heavy atom. The summed E-state index contributed by atoms with van der Waals surface area (Å²) in [6.45, 7) is 2.08. The molecule has 0 saturated carbocycles. The lowest BCUT2D eigenvalue weighted by molar-refractivity contribution is -0.129. The van der Waals surface area contributed by atoms with Crippen LogP contribution in [0.3, 0.4) is 0 Å². The van der Waals surface area contributed by atoms with Crippen LogP contribution in [0.25, 0.3) is 0 Å². The molecule has 1 N–H and O–H groups in total. The highest BCUT2D eigenvalue weighted by atomic mass is 79.9. The second-order valence-corrected chi connectivity index (χ2v) is 7.56. The molecule has 0 aliphatic heterocycles. The van der Waals surface area contributed by atoms with E-state index in [4.69, 9.17) is 0 Å². The van der Waals surface area contributed by atoms with Gasteiger partial charge in [0.05, 0.1) is 16.8 Å². The second kappa shape index (κ2) is 7.56. The average Bonchev–Trinajstić information content (AvgIpc) is 2.85. The number of carbonyl (C=O) groups is 2. The van der Waals surface area contributed by atoms with Crippen LogP contribution in [0.1, 0.15) is 17.4 Å². The van der Waals surface area contributed by atoms with Gasteiger partial charge >= 0.3 is 0 Å². The number of rotatable bonds is 5. The fraction of sp³-hybridized carbons (Fsp3) is 0.250. The van der Waals surface area contributed by atoms with Crippen molar-refractivity contribution in [3.8, 4) is 0 Å². The third-order valence-corrected chi connectivity index (χ3v) is 4.69. The maximum atomic E-state index is 12.2. The number of thiophene rings is 1. The quantitative estimate of drug-likeness (QED) is 0.859. The lowest BCUT2D eigenvalue weighted by atomic mass is 10.1. The molecular weight excluding hydrogens is 364 g/mol. The van der Waals surface area contributed by atoms with Crippen molar-refractivity contribution in [2.24, 2.45) is 0 Å². The SMILES string of the molecule is CC(=O)Nc1ccc(CC(=O)N(C)Cc2ccc(Br)s2)cc1. The molecule has 22 heavy (non-hydrogen) atoms. The normalized spacial score (nSPS) is 10.3.